The van der Waals surface area contributed by atoms with Gasteiger partial charge in [0, 0.05) is 12.6 Å². The molecule has 106 valence electrons. The van der Waals surface area contributed by atoms with Crippen LogP contribution in [0.5, 0.6) is 0 Å². The third-order valence-electron chi connectivity index (χ3n) is 3.16. The number of nitrogens with one attached hydrogen (secondary N) is 1. The Kier molecular flexibility index (Phi) is 4.14. The number of aromatic nitrogens is 2. The summed E-state index contributed by atoms with van der Waals surface area (Å²) < 4.78 is 1.86. The van der Waals surface area contributed by atoms with Crippen LogP contribution in [-0.2, 0) is 11.8 Å². The molecule has 1 unspecified atom stereocenters. The number of hydrogen-bond donors (Lipinski definition) is 2. The highest BCUT2D eigenvalue weighted by molar-refractivity contribution is 6.03. The van der Waals surface area contributed by atoms with Crippen molar-refractivity contribution in [2.24, 2.45) is 7.05 Å². The van der Waals surface area contributed by atoms with E-state index in [2.05, 4.69) is 10.3 Å². The summed E-state index contributed by atoms with van der Waals surface area (Å²) in [5.41, 5.74) is 2.13. The maximum atomic E-state index is 12.4. The number of fused-ring (bicyclic) bond motifs is 1. The van der Waals surface area contributed by atoms with Crippen LogP contribution in [0.15, 0.2) is 24.5 Å². The van der Waals surface area contributed by atoms with Crippen LogP contribution in [0.2, 0.25) is 0 Å². The van der Waals surface area contributed by atoms with Gasteiger partial charge in [-0.2, -0.15) is 0 Å². The monoisotopic (exact) mass is 275 g/mol. The average Bonchev–Trinajstić information content (AvgIpc) is 2.78. The Bertz CT molecular complexity index is 648. The number of hydrogen-bond acceptors (Lipinski definition) is 4. The van der Waals surface area contributed by atoms with Gasteiger partial charge in [-0.05, 0) is 24.7 Å². The smallest absolute Gasteiger partial charge is 0.305 e. The van der Waals surface area contributed by atoms with Crippen molar-refractivity contribution < 1.29 is 14.7 Å². The second kappa shape index (κ2) is 5.83. The van der Waals surface area contributed by atoms with E-state index in [1.165, 1.54) is 0 Å². The summed E-state index contributed by atoms with van der Waals surface area (Å²) in [6, 6.07) is 4.51. The van der Waals surface area contributed by atoms with Crippen LogP contribution in [0.1, 0.15) is 23.7 Å². The lowest BCUT2D eigenvalue weighted by Crippen LogP contribution is -2.38. The van der Waals surface area contributed by atoms with Gasteiger partial charge in [0.05, 0.1) is 29.8 Å². The van der Waals surface area contributed by atoms with Crippen LogP contribution < -0.4 is 5.32 Å². The van der Waals surface area contributed by atoms with E-state index in [9.17, 15) is 9.59 Å². The van der Waals surface area contributed by atoms with Crippen molar-refractivity contribution >= 4 is 22.8 Å². The fourth-order valence-corrected chi connectivity index (χ4v) is 2.17. The molecule has 0 saturated carbocycles. The fourth-order valence-electron chi connectivity index (χ4n) is 2.17. The molecular formula is C14H17N3O3. The van der Waals surface area contributed by atoms with Gasteiger partial charge in [0.15, 0.2) is 5.78 Å². The van der Waals surface area contributed by atoms with Crippen molar-refractivity contribution in [1.29, 1.82) is 0 Å². The molecule has 0 aliphatic carbocycles. The number of ketones is 1. The molecule has 0 amide bonds. The van der Waals surface area contributed by atoms with E-state index in [0.717, 1.165) is 11.0 Å². The molecule has 0 bridgehead atoms. The third kappa shape index (κ3) is 2.85. The Morgan fingerprint density at radius 3 is 2.85 bits per heavy atom. The van der Waals surface area contributed by atoms with Crippen molar-refractivity contribution in [1.82, 2.24) is 14.9 Å². The summed E-state index contributed by atoms with van der Waals surface area (Å²) in [4.78, 5) is 27.4. The number of imidazole rings is 1. The predicted octanol–water partition coefficient (Wildman–Crippen LogP) is 1.21. The summed E-state index contributed by atoms with van der Waals surface area (Å²) in [7, 11) is 1.88. The van der Waals surface area contributed by atoms with Gasteiger partial charge in [-0.3, -0.25) is 9.59 Å². The number of benzene rings is 1. The molecule has 0 saturated heterocycles. The highest BCUT2D eigenvalue weighted by Gasteiger charge is 2.22. The molecule has 0 fully saturated rings. The quantitative estimate of drug-likeness (QED) is 0.774. The van der Waals surface area contributed by atoms with Gasteiger partial charge in [0.2, 0.25) is 0 Å². The second-order valence-corrected chi connectivity index (χ2v) is 4.63. The molecule has 1 aromatic carbocycles. The zero-order chi connectivity index (χ0) is 14.7. The minimum absolute atomic E-state index is 0.221. The highest BCUT2D eigenvalue weighted by atomic mass is 16.4. The molecule has 0 radical (unpaired) electrons. The molecule has 1 atom stereocenters. The first kappa shape index (κ1) is 14.2. The molecule has 6 heteroatoms. The number of carbonyl (C=O) groups excluding carboxylic acids is 1. The van der Waals surface area contributed by atoms with Crippen LogP contribution >= 0.6 is 0 Å². The molecular weight excluding hydrogens is 258 g/mol. The Balaban J connectivity index is 2.30. The number of Topliss-reactive ketones (excluding diaryl/α,β-unsaturated/α-hetero) is 1. The summed E-state index contributed by atoms with van der Waals surface area (Å²) in [6.45, 7) is 2.37. The number of likely N-dealkylation sites (N-methyl/N-ethyl adjacent to an activating group) is 1. The van der Waals surface area contributed by atoms with Gasteiger partial charge < -0.3 is 15.0 Å². The topological polar surface area (TPSA) is 84.2 Å². The molecule has 6 nitrogen and oxygen atoms in total. The van der Waals surface area contributed by atoms with Gasteiger partial charge in [0.25, 0.3) is 0 Å². The first-order chi connectivity index (χ1) is 9.52. The summed E-state index contributed by atoms with van der Waals surface area (Å²) in [5, 5.41) is 11.8. The van der Waals surface area contributed by atoms with Crippen molar-refractivity contribution in [2.75, 3.05) is 6.54 Å². The van der Waals surface area contributed by atoms with Gasteiger partial charge >= 0.3 is 5.97 Å². The molecule has 1 heterocycles. The number of carbonyl (C=O) groups is 2. The zero-order valence-electron chi connectivity index (χ0n) is 11.5. The van der Waals surface area contributed by atoms with Crippen molar-refractivity contribution in [3.05, 3.63) is 30.1 Å². The van der Waals surface area contributed by atoms with E-state index in [0.29, 0.717) is 12.1 Å². The number of carboxylic acid groups (broad SMARTS) is 1. The van der Waals surface area contributed by atoms with Gasteiger partial charge in [-0.15, -0.1) is 0 Å². The Hall–Kier alpha value is -2.21. The molecule has 2 aromatic rings. The minimum Gasteiger partial charge on any atom is -0.481 e. The lowest BCUT2D eigenvalue weighted by Gasteiger charge is -2.14. The van der Waals surface area contributed by atoms with Gasteiger partial charge in [-0.25, -0.2) is 4.98 Å². The molecule has 0 aliphatic rings. The van der Waals surface area contributed by atoms with Crippen molar-refractivity contribution in [3.63, 3.8) is 0 Å². The van der Waals surface area contributed by atoms with E-state index in [1.807, 2.05) is 24.6 Å². The fraction of sp³-hybridized carbons (Fsp3) is 0.357. The maximum absolute atomic E-state index is 12.4. The van der Waals surface area contributed by atoms with Crippen molar-refractivity contribution in [2.45, 2.75) is 19.4 Å². The van der Waals surface area contributed by atoms with Crippen LogP contribution in [-0.4, -0.2) is 39.0 Å². The Morgan fingerprint density at radius 1 is 1.45 bits per heavy atom. The normalized spacial score (nSPS) is 12.5. The minimum atomic E-state index is -0.997. The predicted molar refractivity (Wildman–Crippen MR) is 74.8 cm³/mol. The molecule has 2 N–H and O–H groups in total. The van der Waals surface area contributed by atoms with E-state index in [4.69, 9.17) is 5.11 Å². The van der Waals surface area contributed by atoms with Crippen LogP contribution in [0.3, 0.4) is 0 Å². The molecule has 0 spiro atoms. The first-order valence-corrected chi connectivity index (χ1v) is 6.43. The molecule has 1 aromatic heterocycles. The lowest BCUT2D eigenvalue weighted by molar-refractivity contribution is -0.137. The summed E-state index contributed by atoms with van der Waals surface area (Å²) in [5.74, 6) is -1.22. The van der Waals surface area contributed by atoms with Gasteiger partial charge in [0.1, 0.15) is 0 Å². The van der Waals surface area contributed by atoms with Crippen LogP contribution in [0.4, 0.5) is 0 Å². The Labute approximate surface area is 116 Å². The molecule has 2 rings (SSSR count). The second-order valence-electron chi connectivity index (χ2n) is 4.63. The number of nitrogens with zero attached hydrogens (tertiary/aromatic N) is 2. The van der Waals surface area contributed by atoms with Crippen molar-refractivity contribution in [3.8, 4) is 0 Å². The average molecular weight is 275 g/mol. The number of rotatable bonds is 6. The zero-order valence-corrected chi connectivity index (χ0v) is 11.5. The number of aliphatic carboxylic acids is 1. The largest absolute Gasteiger partial charge is 0.481 e. The number of carboxylic acids is 1. The molecule has 20 heavy (non-hydrogen) atoms. The van der Waals surface area contributed by atoms with E-state index >= 15 is 0 Å². The van der Waals surface area contributed by atoms with Crippen LogP contribution in [0, 0.1) is 0 Å². The summed E-state index contributed by atoms with van der Waals surface area (Å²) >= 11 is 0. The van der Waals surface area contributed by atoms with Gasteiger partial charge in [-0.1, -0.05) is 6.92 Å². The van der Waals surface area contributed by atoms with Crippen LogP contribution in [0.25, 0.3) is 11.0 Å². The lowest BCUT2D eigenvalue weighted by atomic mass is 10.0. The maximum Gasteiger partial charge on any atom is 0.305 e. The highest BCUT2D eigenvalue weighted by Crippen LogP contribution is 2.16. The Morgan fingerprint density at radius 2 is 2.20 bits per heavy atom. The summed E-state index contributed by atoms with van der Waals surface area (Å²) in [6.07, 6.45) is 1.45. The van der Waals surface area contributed by atoms with E-state index < -0.39 is 12.0 Å². The third-order valence-corrected chi connectivity index (χ3v) is 3.16. The van der Waals surface area contributed by atoms with E-state index in [-0.39, 0.29) is 12.2 Å². The first-order valence-electron chi connectivity index (χ1n) is 6.43. The SMILES string of the molecule is CCNC(CC(=O)O)C(=O)c1ccc2c(c1)ncn2C. The standard InChI is InChI=1S/C14H17N3O3/c1-3-15-11(7-13(18)19)14(20)9-4-5-12-10(6-9)16-8-17(12)2/h4-6,8,11,15H,3,7H2,1-2H3,(H,18,19). The number of aryl methyl sites for hydroxylation is 1. The van der Waals surface area contributed by atoms with E-state index in [1.54, 1.807) is 18.5 Å². The molecule has 0 aliphatic heterocycles.